The van der Waals surface area contributed by atoms with Gasteiger partial charge in [0.2, 0.25) is 0 Å². The quantitative estimate of drug-likeness (QED) is 0.463. The second-order valence-electron chi connectivity index (χ2n) is 4.47. The van der Waals surface area contributed by atoms with Gasteiger partial charge in [0.15, 0.2) is 0 Å². The zero-order valence-corrected chi connectivity index (χ0v) is 12.1. The van der Waals surface area contributed by atoms with Crippen LogP contribution in [0.15, 0.2) is 45.9 Å². The molecule has 0 amide bonds. The lowest BCUT2D eigenvalue weighted by Gasteiger charge is -2.11. The number of furan rings is 1. The molecule has 6 nitrogen and oxygen atoms in total. The van der Waals surface area contributed by atoms with Gasteiger partial charge in [0.1, 0.15) is 5.76 Å². The summed E-state index contributed by atoms with van der Waals surface area (Å²) in [5, 5.41) is 20.1. The molecule has 1 aromatic heterocycles. The summed E-state index contributed by atoms with van der Waals surface area (Å²) in [6, 6.07) is 8.13. The molecule has 0 radical (unpaired) electrons. The summed E-state index contributed by atoms with van der Waals surface area (Å²) < 4.78 is 5.21. The minimum absolute atomic E-state index is 0.0254. The van der Waals surface area contributed by atoms with E-state index in [4.69, 9.17) is 15.3 Å². The minimum Gasteiger partial charge on any atom is -0.468 e. The van der Waals surface area contributed by atoms with Gasteiger partial charge in [-0.2, -0.15) is 0 Å². The SMILES string of the molecule is NC(CCO)c1ccc(SCc2ccco2)c([N+](=O)[O-])c1. The number of hydrogen-bond acceptors (Lipinski definition) is 6. The Balaban J connectivity index is 2.18. The molecule has 0 aliphatic rings. The summed E-state index contributed by atoms with van der Waals surface area (Å²) in [5.41, 5.74) is 6.55. The number of benzene rings is 1. The largest absolute Gasteiger partial charge is 0.468 e. The minimum atomic E-state index is -0.417. The van der Waals surface area contributed by atoms with Crippen LogP contribution in [0.2, 0.25) is 0 Å². The van der Waals surface area contributed by atoms with Crippen molar-refractivity contribution in [1.82, 2.24) is 0 Å². The van der Waals surface area contributed by atoms with E-state index in [1.165, 1.54) is 17.8 Å². The topological polar surface area (TPSA) is 103 Å². The lowest BCUT2D eigenvalue weighted by atomic mass is 10.0. The summed E-state index contributed by atoms with van der Waals surface area (Å²) in [4.78, 5) is 11.3. The molecule has 0 aliphatic carbocycles. The van der Waals surface area contributed by atoms with Gasteiger partial charge in [-0.05, 0) is 30.2 Å². The smallest absolute Gasteiger partial charge is 0.283 e. The normalized spacial score (nSPS) is 12.3. The maximum Gasteiger partial charge on any atom is 0.283 e. The van der Waals surface area contributed by atoms with Crippen molar-refractivity contribution in [3.05, 3.63) is 58.0 Å². The van der Waals surface area contributed by atoms with Crippen LogP contribution in [0.25, 0.3) is 0 Å². The van der Waals surface area contributed by atoms with Crippen LogP contribution in [0.1, 0.15) is 23.8 Å². The predicted octanol–water partition coefficient (Wildman–Crippen LogP) is 2.86. The fraction of sp³-hybridized carbons (Fsp3) is 0.286. The monoisotopic (exact) mass is 308 g/mol. The molecule has 2 rings (SSSR count). The number of thioether (sulfide) groups is 1. The Hall–Kier alpha value is -1.83. The molecule has 1 aromatic carbocycles. The number of rotatable bonds is 7. The summed E-state index contributed by atoms with van der Waals surface area (Å²) in [6.45, 7) is -0.0516. The van der Waals surface area contributed by atoms with Gasteiger partial charge in [-0.3, -0.25) is 10.1 Å². The summed E-state index contributed by atoms with van der Waals surface area (Å²) in [6.07, 6.45) is 1.94. The zero-order valence-electron chi connectivity index (χ0n) is 11.3. The van der Waals surface area contributed by atoms with Gasteiger partial charge < -0.3 is 15.3 Å². The maximum absolute atomic E-state index is 11.2. The van der Waals surface area contributed by atoms with E-state index in [1.54, 1.807) is 24.5 Å². The van der Waals surface area contributed by atoms with Crippen molar-refractivity contribution in [2.24, 2.45) is 5.73 Å². The second kappa shape index (κ2) is 7.26. The highest BCUT2D eigenvalue weighted by Crippen LogP contribution is 2.33. The van der Waals surface area contributed by atoms with Gasteiger partial charge in [-0.25, -0.2) is 0 Å². The van der Waals surface area contributed by atoms with Gasteiger partial charge in [-0.15, -0.1) is 11.8 Å². The van der Waals surface area contributed by atoms with Crippen LogP contribution in [0.4, 0.5) is 5.69 Å². The molecule has 7 heteroatoms. The van der Waals surface area contributed by atoms with Crippen LogP contribution < -0.4 is 5.73 Å². The molecule has 1 unspecified atom stereocenters. The van der Waals surface area contributed by atoms with Crippen molar-refractivity contribution in [2.45, 2.75) is 23.1 Å². The molecule has 112 valence electrons. The third-order valence-corrected chi connectivity index (χ3v) is 4.08. The highest BCUT2D eigenvalue weighted by Gasteiger charge is 2.18. The third-order valence-electron chi connectivity index (χ3n) is 3.00. The molecule has 0 spiro atoms. The average Bonchev–Trinajstić information content (AvgIpc) is 2.98. The van der Waals surface area contributed by atoms with E-state index in [0.29, 0.717) is 22.6 Å². The Morgan fingerprint density at radius 1 is 1.43 bits per heavy atom. The molecule has 3 N–H and O–H groups in total. The second-order valence-corrected chi connectivity index (χ2v) is 5.49. The van der Waals surface area contributed by atoms with Crippen LogP contribution in [0.3, 0.4) is 0 Å². The lowest BCUT2D eigenvalue weighted by Crippen LogP contribution is -2.12. The molecule has 2 aromatic rings. The first-order valence-electron chi connectivity index (χ1n) is 6.41. The van der Waals surface area contributed by atoms with Crippen LogP contribution in [-0.2, 0) is 5.75 Å². The van der Waals surface area contributed by atoms with Gasteiger partial charge >= 0.3 is 0 Å². The fourth-order valence-electron chi connectivity index (χ4n) is 1.88. The molecule has 21 heavy (non-hydrogen) atoms. The molecule has 1 heterocycles. The molecule has 0 saturated carbocycles. The standard InChI is InChI=1S/C14H16N2O4S/c15-12(5-6-17)10-3-4-14(13(8-10)16(18)19)21-9-11-2-1-7-20-11/h1-4,7-8,12,17H,5-6,9,15H2. The average molecular weight is 308 g/mol. The summed E-state index contributed by atoms with van der Waals surface area (Å²) in [5.74, 6) is 1.28. The Bertz CT molecular complexity index is 601. The fourth-order valence-corrected chi connectivity index (χ4v) is 2.79. The first-order valence-corrected chi connectivity index (χ1v) is 7.40. The number of nitro groups is 1. The van der Waals surface area contributed by atoms with Crippen molar-refractivity contribution >= 4 is 17.4 Å². The van der Waals surface area contributed by atoms with Gasteiger partial charge in [0, 0.05) is 18.7 Å². The van der Waals surface area contributed by atoms with E-state index < -0.39 is 11.0 Å². The van der Waals surface area contributed by atoms with Crippen molar-refractivity contribution in [2.75, 3.05) is 6.61 Å². The molecule has 0 bridgehead atoms. The van der Waals surface area contributed by atoms with Gasteiger partial charge in [-0.1, -0.05) is 6.07 Å². The number of aliphatic hydroxyl groups is 1. The van der Waals surface area contributed by atoms with E-state index in [-0.39, 0.29) is 12.3 Å². The summed E-state index contributed by atoms with van der Waals surface area (Å²) >= 11 is 1.34. The molecular weight excluding hydrogens is 292 g/mol. The van der Waals surface area contributed by atoms with Gasteiger partial charge in [0.05, 0.1) is 21.8 Å². The number of nitro benzene ring substituents is 1. The van der Waals surface area contributed by atoms with Crippen molar-refractivity contribution in [1.29, 1.82) is 0 Å². The van der Waals surface area contributed by atoms with Gasteiger partial charge in [0.25, 0.3) is 5.69 Å². The summed E-state index contributed by atoms with van der Waals surface area (Å²) in [7, 11) is 0. The molecular formula is C14H16N2O4S. The Labute approximate surface area is 126 Å². The predicted molar refractivity (Wildman–Crippen MR) is 80.0 cm³/mol. The molecule has 1 atom stereocenters. The Morgan fingerprint density at radius 2 is 2.24 bits per heavy atom. The Morgan fingerprint density at radius 3 is 2.86 bits per heavy atom. The first-order chi connectivity index (χ1) is 10.1. The number of nitrogens with zero attached hydrogens (tertiary/aromatic N) is 1. The Kier molecular flexibility index (Phi) is 5.38. The molecule has 0 fully saturated rings. The van der Waals surface area contributed by atoms with E-state index in [9.17, 15) is 10.1 Å². The highest BCUT2D eigenvalue weighted by molar-refractivity contribution is 7.98. The lowest BCUT2D eigenvalue weighted by molar-refractivity contribution is -0.387. The number of nitrogens with two attached hydrogens (primary N) is 1. The molecule has 0 aliphatic heterocycles. The molecule has 0 saturated heterocycles. The van der Waals surface area contributed by atoms with E-state index in [0.717, 1.165) is 5.76 Å². The third kappa shape index (κ3) is 4.07. The van der Waals surface area contributed by atoms with Crippen LogP contribution in [-0.4, -0.2) is 16.6 Å². The van der Waals surface area contributed by atoms with Crippen LogP contribution in [0.5, 0.6) is 0 Å². The van der Waals surface area contributed by atoms with E-state index >= 15 is 0 Å². The van der Waals surface area contributed by atoms with E-state index in [2.05, 4.69) is 0 Å². The number of hydrogen-bond donors (Lipinski definition) is 2. The highest BCUT2D eigenvalue weighted by atomic mass is 32.2. The van der Waals surface area contributed by atoms with E-state index in [1.807, 2.05) is 6.07 Å². The van der Waals surface area contributed by atoms with Crippen molar-refractivity contribution in [3.8, 4) is 0 Å². The van der Waals surface area contributed by atoms with Crippen LogP contribution >= 0.6 is 11.8 Å². The first kappa shape index (κ1) is 15.6. The van der Waals surface area contributed by atoms with Crippen molar-refractivity contribution < 1.29 is 14.4 Å². The number of aliphatic hydroxyl groups excluding tert-OH is 1. The maximum atomic E-state index is 11.2. The van der Waals surface area contributed by atoms with Crippen molar-refractivity contribution in [3.63, 3.8) is 0 Å². The van der Waals surface area contributed by atoms with Crippen LogP contribution in [0, 0.1) is 10.1 Å². The zero-order chi connectivity index (χ0) is 15.2.